The Kier molecular flexibility index (Phi) is 6.28. The average Bonchev–Trinajstić information content (AvgIpc) is 2.13. The summed E-state index contributed by atoms with van der Waals surface area (Å²) in [6.07, 6.45) is 3.57. The zero-order chi connectivity index (χ0) is 11.1. The quantitative estimate of drug-likeness (QED) is 0.453. The molecule has 1 N–H and O–H groups in total. The van der Waals surface area contributed by atoms with Crippen molar-refractivity contribution in [1.29, 1.82) is 5.41 Å². The number of nitrogens with one attached hydrogen (secondary N) is 1. The Balaban J connectivity index is 4.88. The summed E-state index contributed by atoms with van der Waals surface area (Å²) in [4.78, 5) is 3.79. The van der Waals surface area contributed by atoms with Crippen LogP contribution in [-0.2, 0) is 0 Å². The van der Waals surface area contributed by atoms with E-state index in [1.807, 2.05) is 0 Å². The molecule has 0 aliphatic carbocycles. The second kappa shape index (κ2) is 6.65. The predicted molar refractivity (Wildman–Crippen MR) is 63.0 cm³/mol. The van der Waals surface area contributed by atoms with Gasteiger partial charge in [0.15, 0.2) is 0 Å². The normalized spacial score (nSPS) is 14.5. The molecule has 0 aromatic rings. The highest BCUT2D eigenvalue weighted by atomic mass is 79.9. The van der Waals surface area contributed by atoms with Gasteiger partial charge in [-0.3, -0.25) is 5.41 Å². The highest BCUT2D eigenvalue weighted by Crippen LogP contribution is 2.13. The van der Waals surface area contributed by atoms with E-state index in [-0.39, 0.29) is 5.84 Å². The molecule has 0 aromatic heterocycles. The lowest BCUT2D eigenvalue weighted by molar-refractivity contribution is 0.677. The van der Waals surface area contributed by atoms with E-state index in [1.54, 1.807) is 19.9 Å². The van der Waals surface area contributed by atoms with Crippen molar-refractivity contribution >= 4 is 27.5 Å². The molecule has 0 amide bonds. The van der Waals surface area contributed by atoms with E-state index < -0.39 is 5.83 Å². The summed E-state index contributed by atoms with van der Waals surface area (Å²) in [5.41, 5.74) is 0.302. The highest BCUT2D eigenvalue weighted by Gasteiger charge is 2.04. The molecule has 14 heavy (non-hydrogen) atoms. The summed E-state index contributed by atoms with van der Waals surface area (Å²) < 4.78 is 14.1. The number of aliphatic imine (C=N–C) groups is 1. The zero-order valence-corrected chi connectivity index (χ0v) is 10.2. The van der Waals surface area contributed by atoms with E-state index in [9.17, 15) is 4.39 Å². The lowest BCUT2D eigenvalue weighted by Crippen LogP contribution is -2.00. The molecule has 0 spiro atoms. The first kappa shape index (κ1) is 13.2. The maximum Gasteiger partial charge on any atom is 0.145 e. The first-order valence-corrected chi connectivity index (χ1v) is 5.12. The molecule has 0 saturated heterocycles. The van der Waals surface area contributed by atoms with Gasteiger partial charge in [-0.2, -0.15) is 0 Å². The number of nitrogens with zero attached hydrogens (tertiary/aromatic N) is 1. The minimum atomic E-state index is -0.399. The molecule has 0 radical (unpaired) electrons. The van der Waals surface area contributed by atoms with Crippen molar-refractivity contribution in [2.75, 3.05) is 0 Å². The predicted octanol–water partition coefficient (Wildman–Crippen LogP) is 3.99. The Morgan fingerprint density at radius 2 is 2.14 bits per heavy atom. The van der Waals surface area contributed by atoms with Crippen molar-refractivity contribution in [2.24, 2.45) is 4.99 Å². The maximum atomic E-state index is 13.4. The first-order valence-electron chi connectivity index (χ1n) is 4.33. The number of hydrogen-bond acceptors (Lipinski definition) is 1. The topological polar surface area (TPSA) is 36.2 Å². The lowest BCUT2D eigenvalue weighted by atomic mass is 10.2. The van der Waals surface area contributed by atoms with Crippen LogP contribution in [-0.4, -0.2) is 11.5 Å². The standard InChI is InChI=1S/C10H14BrFN2/c1-4-8(11)6-9(12)10(5-2)14-7(3)13/h4,6,13H,5H2,1-3H3/b8-4+,9-6+,13-7?,14-10?. The SMILES string of the molecule is C/C=C(Br)\C=C(\F)C(CC)=NC(C)=N. The van der Waals surface area contributed by atoms with Gasteiger partial charge in [0.05, 0.1) is 5.71 Å². The van der Waals surface area contributed by atoms with Crippen LogP contribution in [0.2, 0.25) is 0 Å². The van der Waals surface area contributed by atoms with Gasteiger partial charge in [-0.15, -0.1) is 0 Å². The summed E-state index contributed by atoms with van der Waals surface area (Å²) in [5, 5.41) is 7.14. The van der Waals surface area contributed by atoms with Crippen molar-refractivity contribution in [3.63, 3.8) is 0 Å². The molecular formula is C10H14BrFN2. The highest BCUT2D eigenvalue weighted by molar-refractivity contribution is 9.11. The van der Waals surface area contributed by atoms with Crippen LogP contribution in [0.1, 0.15) is 27.2 Å². The number of amidine groups is 1. The number of allylic oxidation sites excluding steroid dienone is 4. The molecule has 2 nitrogen and oxygen atoms in total. The molecule has 0 fully saturated rings. The molecule has 0 aromatic carbocycles. The van der Waals surface area contributed by atoms with Crippen molar-refractivity contribution in [3.05, 3.63) is 22.5 Å². The Morgan fingerprint density at radius 3 is 2.50 bits per heavy atom. The molecule has 0 rings (SSSR count). The first-order chi connectivity index (χ1) is 6.51. The van der Waals surface area contributed by atoms with Gasteiger partial charge in [-0.05, 0) is 26.3 Å². The third kappa shape index (κ3) is 5.07. The van der Waals surface area contributed by atoms with Gasteiger partial charge in [0, 0.05) is 4.48 Å². The summed E-state index contributed by atoms with van der Waals surface area (Å²) in [6, 6.07) is 0. The van der Waals surface area contributed by atoms with Gasteiger partial charge in [0.1, 0.15) is 11.7 Å². The molecule has 0 aliphatic rings. The summed E-state index contributed by atoms with van der Waals surface area (Å²) in [6.45, 7) is 5.13. The molecular weight excluding hydrogens is 247 g/mol. The molecule has 0 saturated carbocycles. The third-order valence-electron chi connectivity index (χ3n) is 1.45. The molecule has 0 heterocycles. The van der Waals surface area contributed by atoms with Gasteiger partial charge >= 0.3 is 0 Å². The van der Waals surface area contributed by atoms with Crippen LogP contribution < -0.4 is 0 Å². The number of hydrogen-bond donors (Lipinski definition) is 1. The minimum absolute atomic E-state index is 0.113. The molecule has 4 heteroatoms. The molecule has 0 bridgehead atoms. The fourth-order valence-electron chi connectivity index (χ4n) is 0.791. The van der Waals surface area contributed by atoms with Crippen LogP contribution in [0.3, 0.4) is 0 Å². The van der Waals surface area contributed by atoms with E-state index in [4.69, 9.17) is 5.41 Å². The molecule has 0 unspecified atom stereocenters. The van der Waals surface area contributed by atoms with Crippen molar-refractivity contribution in [2.45, 2.75) is 27.2 Å². The van der Waals surface area contributed by atoms with Gasteiger partial charge in [-0.25, -0.2) is 9.38 Å². The Hall–Kier alpha value is -0.770. The second-order valence-electron chi connectivity index (χ2n) is 2.66. The van der Waals surface area contributed by atoms with Crippen molar-refractivity contribution in [3.8, 4) is 0 Å². The van der Waals surface area contributed by atoms with Crippen molar-refractivity contribution < 1.29 is 4.39 Å². The summed E-state index contributed by atoms with van der Waals surface area (Å²) in [5.74, 6) is -0.286. The van der Waals surface area contributed by atoms with Gasteiger partial charge in [0.25, 0.3) is 0 Å². The van der Waals surface area contributed by atoms with Crippen LogP contribution >= 0.6 is 15.9 Å². The minimum Gasteiger partial charge on any atom is -0.287 e. The monoisotopic (exact) mass is 260 g/mol. The Bertz CT molecular complexity index is 303. The largest absolute Gasteiger partial charge is 0.287 e. The fraction of sp³-hybridized carbons (Fsp3) is 0.400. The van der Waals surface area contributed by atoms with E-state index in [0.29, 0.717) is 16.6 Å². The van der Waals surface area contributed by atoms with E-state index >= 15 is 0 Å². The average molecular weight is 261 g/mol. The van der Waals surface area contributed by atoms with E-state index in [1.165, 1.54) is 13.0 Å². The molecule has 78 valence electrons. The molecule has 0 aliphatic heterocycles. The van der Waals surface area contributed by atoms with Gasteiger partial charge in [0.2, 0.25) is 0 Å². The Morgan fingerprint density at radius 1 is 1.57 bits per heavy atom. The third-order valence-corrected chi connectivity index (χ3v) is 2.14. The van der Waals surface area contributed by atoms with Crippen molar-refractivity contribution in [1.82, 2.24) is 0 Å². The van der Waals surface area contributed by atoms with Crippen LogP contribution in [0.4, 0.5) is 4.39 Å². The zero-order valence-electron chi connectivity index (χ0n) is 8.56. The van der Waals surface area contributed by atoms with E-state index in [2.05, 4.69) is 20.9 Å². The van der Waals surface area contributed by atoms with Crippen LogP contribution in [0.25, 0.3) is 0 Å². The Labute approximate surface area is 92.3 Å². The van der Waals surface area contributed by atoms with Gasteiger partial charge in [-0.1, -0.05) is 28.9 Å². The van der Waals surface area contributed by atoms with Crippen LogP contribution in [0.5, 0.6) is 0 Å². The smallest absolute Gasteiger partial charge is 0.145 e. The lowest BCUT2D eigenvalue weighted by Gasteiger charge is -1.99. The maximum absolute atomic E-state index is 13.4. The number of rotatable bonds is 3. The number of halogens is 2. The van der Waals surface area contributed by atoms with E-state index in [0.717, 1.165) is 0 Å². The summed E-state index contributed by atoms with van der Waals surface area (Å²) in [7, 11) is 0. The fourth-order valence-corrected chi connectivity index (χ4v) is 0.992. The second-order valence-corrected chi connectivity index (χ2v) is 3.58. The van der Waals surface area contributed by atoms with Gasteiger partial charge < -0.3 is 0 Å². The van der Waals surface area contributed by atoms with Crippen LogP contribution in [0.15, 0.2) is 27.5 Å². The summed E-state index contributed by atoms with van der Waals surface area (Å²) >= 11 is 3.18. The van der Waals surface area contributed by atoms with Crippen LogP contribution in [0, 0.1) is 5.41 Å². The molecule has 0 atom stereocenters.